The van der Waals surface area contributed by atoms with Crippen molar-refractivity contribution in [3.8, 4) is 0 Å². The van der Waals surface area contributed by atoms with Crippen LogP contribution in [-0.4, -0.2) is 12.7 Å². The number of halogens is 1. The molecule has 0 aliphatic rings. The maximum Gasteiger partial charge on any atom is 0.425 e. The lowest BCUT2D eigenvalue weighted by atomic mass is 10.3. The molecule has 0 spiro atoms. The molecule has 0 aromatic heterocycles. The van der Waals surface area contributed by atoms with E-state index in [1.165, 1.54) is 24.3 Å². The molecule has 0 saturated heterocycles. The molecule has 0 heterocycles. The number of anilines is 1. The molecule has 1 aromatic carbocycles. The van der Waals surface area contributed by atoms with E-state index < -0.39 is 6.09 Å². The number of hydrogen-bond acceptors (Lipinski definition) is 3. The van der Waals surface area contributed by atoms with Crippen LogP contribution in [0.25, 0.3) is 0 Å². The zero-order valence-electron chi connectivity index (χ0n) is 7.71. The fourth-order valence-corrected chi connectivity index (χ4v) is 0.824. The van der Waals surface area contributed by atoms with E-state index in [1.807, 2.05) is 0 Å². The summed E-state index contributed by atoms with van der Waals surface area (Å²) >= 11 is 0. The Morgan fingerprint density at radius 3 is 2.64 bits per heavy atom. The van der Waals surface area contributed by atoms with Crippen molar-refractivity contribution < 1.29 is 13.9 Å². The van der Waals surface area contributed by atoms with Crippen molar-refractivity contribution in [3.63, 3.8) is 0 Å². The van der Waals surface area contributed by atoms with Crippen molar-refractivity contribution in [1.82, 2.24) is 5.43 Å². The Morgan fingerprint density at radius 2 is 2.07 bits per heavy atom. The van der Waals surface area contributed by atoms with Crippen LogP contribution >= 0.6 is 0 Å². The highest BCUT2D eigenvalue weighted by molar-refractivity contribution is 5.69. The molecule has 2 N–H and O–H groups in total. The van der Waals surface area contributed by atoms with Crippen LogP contribution in [0.15, 0.2) is 24.3 Å². The molecule has 0 aliphatic heterocycles. The summed E-state index contributed by atoms with van der Waals surface area (Å²) in [6.07, 6.45) is -0.572. The molecule has 0 atom stereocenters. The molecular weight excluding hydrogens is 187 g/mol. The van der Waals surface area contributed by atoms with Gasteiger partial charge in [0.2, 0.25) is 0 Å². The average molecular weight is 198 g/mol. The molecule has 14 heavy (non-hydrogen) atoms. The van der Waals surface area contributed by atoms with Crippen LogP contribution in [0.1, 0.15) is 6.92 Å². The molecule has 1 rings (SSSR count). The molecule has 0 saturated carbocycles. The predicted molar refractivity (Wildman–Crippen MR) is 50.2 cm³/mol. The number of ether oxygens (including phenoxy) is 1. The second kappa shape index (κ2) is 5.06. The van der Waals surface area contributed by atoms with E-state index in [2.05, 4.69) is 15.6 Å². The zero-order valence-corrected chi connectivity index (χ0v) is 7.71. The summed E-state index contributed by atoms with van der Waals surface area (Å²) in [6, 6.07) is 5.58. The van der Waals surface area contributed by atoms with Gasteiger partial charge < -0.3 is 4.74 Å². The molecular formula is C9H11FN2O2. The summed E-state index contributed by atoms with van der Waals surface area (Å²) in [6.45, 7) is 2.01. The Labute approximate surface area is 81.0 Å². The number of benzene rings is 1. The van der Waals surface area contributed by atoms with Crippen LogP contribution in [-0.2, 0) is 4.74 Å². The number of amides is 1. The molecule has 0 radical (unpaired) electrons. The third kappa shape index (κ3) is 3.30. The normalized spacial score (nSPS) is 9.29. The van der Waals surface area contributed by atoms with Gasteiger partial charge in [0.15, 0.2) is 0 Å². The molecule has 76 valence electrons. The van der Waals surface area contributed by atoms with Crippen molar-refractivity contribution in [1.29, 1.82) is 0 Å². The summed E-state index contributed by atoms with van der Waals surface area (Å²) in [5.74, 6) is -0.327. The second-order valence-electron chi connectivity index (χ2n) is 2.48. The Morgan fingerprint density at radius 1 is 1.43 bits per heavy atom. The van der Waals surface area contributed by atoms with E-state index in [-0.39, 0.29) is 5.82 Å². The maximum atomic E-state index is 12.5. The molecule has 1 amide bonds. The fourth-order valence-electron chi connectivity index (χ4n) is 0.824. The van der Waals surface area contributed by atoms with E-state index in [1.54, 1.807) is 6.92 Å². The molecule has 0 fully saturated rings. The Kier molecular flexibility index (Phi) is 3.72. The highest BCUT2D eigenvalue weighted by atomic mass is 19.1. The number of nitrogens with one attached hydrogen (secondary N) is 2. The molecule has 1 aromatic rings. The largest absolute Gasteiger partial charge is 0.449 e. The van der Waals surface area contributed by atoms with Crippen LogP contribution in [0.3, 0.4) is 0 Å². The third-order valence-electron chi connectivity index (χ3n) is 1.43. The quantitative estimate of drug-likeness (QED) is 0.729. The van der Waals surface area contributed by atoms with Crippen LogP contribution < -0.4 is 10.9 Å². The van der Waals surface area contributed by atoms with Gasteiger partial charge in [-0.3, -0.25) is 5.43 Å². The van der Waals surface area contributed by atoms with Crippen molar-refractivity contribution in [2.45, 2.75) is 6.92 Å². The molecule has 5 heteroatoms. The highest BCUT2D eigenvalue weighted by Gasteiger charge is 1.98. The van der Waals surface area contributed by atoms with Gasteiger partial charge in [0.05, 0.1) is 12.3 Å². The van der Waals surface area contributed by atoms with Crippen LogP contribution in [0.5, 0.6) is 0 Å². The first-order valence-corrected chi connectivity index (χ1v) is 4.16. The van der Waals surface area contributed by atoms with Gasteiger partial charge in [-0.15, -0.1) is 0 Å². The Balaban J connectivity index is 2.38. The topological polar surface area (TPSA) is 50.4 Å². The summed E-state index contributed by atoms with van der Waals surface area (Å²) in [7, 11) is 0. The number of hydrogen-bond donors (Lipinski definition) is 2. The van der Waals surface area contributed by atoms with E-state index >= 15 is 0 Å². The SMILES string of the molecule is CCOC(=O)NNc1ccc(F)cc1. The minimum absolute atomic E-state index is 0.303. The first-order chi connectivity index (χ1) is 6.72. The number of carbonyl (C=O) groups excluding carboxylic acids is 1. The summed E-state index contributed by atoms with van der Waals surface area (Å²) in [5.41, 5.74) is 5.43. The van der Waals surface area contributed by atoms with Gasteiger partial charge in [-0.25, -0.2) is 14.6 Å². The lowest BCUT2D eigenvalue weighted by Gasteiger charge is -2.07. The van der Waals surface area contributed by atoms with Crippen molar-refractivity contribution in [2.24, 2.45) is 0 Å². The van der Waals surface area contributed by atoms with Crippen molar-refractivity contribution >= 4 is 11.8 Å². The van der Waals surface area contributed by atoms with Gasteiger partial charge >= 0.3 is 6.09 Å². The van der Waals surface area contributed by atoms with Gasteiger partial charge in [-0.05, 0) is 31.2 Å². The monoisotopic (exact) mass is 198 g/mol. The predicted octanol–water partition coefficient (Wildman–Crippen LogP) is 1.90. The fraction of sp³-hybridized carbons (Fsp3) is 0.222. The van der Waals surface area contributed by atoms with Gasteiger partial charge in [-0.1, -0.05) is 0 Å². The van der Waals surface area contributed by atoms with Gasteiger partial charge in [-0.2, -0.15) is 0 Å². The van der Waals surface area contributed by atoms with Gasteiger partial charge in [0, 0.05) is 0 Å². The molecule has 4 nitrogen and oxygen atoms in total. The molecule has 0 unspecified atom stereocenters. The second-order valence-corrected chi connectivity index (χ2v) is 2.48. The van der Waals surface area contributed by atoms with Crippen LogP contribution in [0, 0.1) is 5.82 Å². The van der Waals surface area contributed by atoms with Gasteiger partial charge in [0.1, 0.15) is 5.82 Å². The number of carbonyl (C=O) groups is 1. The zero-order chi connectivity index (χ0) is 10.4. The average Bonchev–Trinajstić information content (AvgIpc) is 2.17. The van der Waals surface area contributed by atoms with E-state index in [4.69, 9.17) is 0 Å². The lowest BCUT2D eigenvalue weighted by Crippen LogP contribution is -2.29. The highest BCUT2D eigenvalue weighted by Crippen LogP contribution is 2.06. The minimum Gasteiger partial charge on any atom is -0.449 e. The molecule has 0 bridgehead atoms. The van der Waals surface area contributed by atoms with E-state index in [9.17, 15) is 9.18 Å². The third-order valence-corrected chi connectivity index (χ3v) is 1.43. The maximum absolute atomic E-state index is 12.5. The van der Waals surface area contributed by atoms with E-state index in [0.717, 1.165) is 0 Å². The Bertz CT molecular complexity index is 300. The first kappa shape index (κ1) is 10.3. The standard InChI is InChI=1S/C9H11FN2O2/c1-2-14-9(13)12-11-8-5-3-7(10)4-6-8/h3-6,11H,2H2,1H3,(H,12,13). The summed E-state index contributed by atoms with van der Waals surface area (Å²) < 4.78 is 17.1. The summed E-state index contributed by atoms with van der Waals surface area (Å²) in [4.78, 5) is 10.8. The van der Waals surface area contributed by atoms with Crippen LogP contribution in [0.2, 0.25) is 0 Å². The van der Waals surface area contributed by atoms with Crippen molar-refractivity contribution in [2.75, 3.05) is 12.0 Å². The molecule has 0 aliphatic carbocycles. The first-order valence-electron chi connectivity index (χ1n) is 4.16. The smallest absolute Gasteiger partial charge is 0.425 e. The number of hydrazine groups is 1. The van der Waals surface area contributed by atoms with Crippen LogP contribution in [0.4, 0.5) is 14.9 Å². The Hall–Kier alpha value is -1.78. The van der Waals surface area contributed by atoms with Crippen molar-refractivity contribution in [3.05, 3.63) is 30.1 Å². The van der Waals surface area contributed by atoms with E-state index in [0.29, 0.717) is 12.3 Å². The van der Waals surface area contributed by atoms with Gasteiger partial charge in [0.25, 0.3) is 0 Å². The number of rotatable bonds is 3. The summed E-state index contributed by atoms with van der Waals surface area (Å²) in [5, 5.41) is 0. The lowest BCUT2D eigenvalue weighted by molar-refractivity contribution is 0.154. The minimum atomic E-state index is -0.572.